The second kappa shape index (κ2) is 10.7. The Labute approximate surface area is 196 Å². The number of alkyl halides is 3. The van der Waals surface area contributed by atoms with Gasteiger partial charge in [0.25, 0.3) is 0 Å². The normalized spacial score (nSPS) is 11.3. The highest BCUT2D eigenvalue weighted by Gasteiger charge is 2.31. The Balaban J connectivity index is 1.52. The largest absolute Gasteiger partial charge is 0.416 e. The van der Waals surface area contributed by atoms with Crippen LogP contribution in [0.25, 0.3) is 0 Å². The number of amides is 2. The van der Waals surface area contributed by atoms with E-state index in [1.807, 2.05) is 30.3 Å². The van der Waals surface area contributed by atoms with E-state index in [0.29, 0.717) is 11.0 Å². The molecule has 0 saturated heterocycles. The van der Waals surface area contributed by atoms with Gasteiger partial charge in [0.1, 0.15) is 0 Å². The molecular weight excluding hydrogens is 479 g/mol. The minimum absolute atomic E-state index is 0.00598. The van der Waals surface area contributed by atoms with E-state index in [4.69, 9.17) is 11.6 Å². The Morgan fingerprint density at radius 2 is 1.82 bits per heavy atom. The minimum Gasteiger partial charge on any atom is -0.349 e. The molecule has 12 heteroatoms. The molecule has 0 spiro atoms. The zero-order chi connectivity index (χ0) is 24.0. The van der Waals surface area contributed by atoms with E-state index < -0.39 is 17.6 Å². The Morgan fingerprint density at radius 3 is 2.52 bits per heavy atom. The first-order chi connectivity index (χ1) is 15.6. The summed E-state index contributed by atoms with van der Waals surface area (Å²) in [6.45, 7) is 0.155. The molecular formula is C21H19ClF3N5O2S. The maximum Gasteiger partial charge on any atom is 0.416 e. The van der Waals surface area contributed by atoms with E-state index in [-0.39, 0.29) is 35.3 Å². The fourth-order valence-corrected chi connectivity index (χ4v) is 3.65. The Kier molecular flexibility index (Phi) is 7.98. The average molecular weight is 498 g/mol. The summed E-state index contributed by atoms with van der Waals surface area (Å²) in [5.74, 6) is -0.364. The third-order valence-corrected chi connectivity index (χ3v) is 5.83. The maximum atomic E-state index is 12.9. The third-order valence-electron chi connectivity index (χ3n) is 4.48. The van der Waals surface area contributed by atoms with Crippen LogP contribution < -0.4 is 10.6 Å². The molecule has 0 fully saturated rings. The second-order valence-corrected chi connectivity index (χ2v) is 8.28. The van der Waals surface area contributed by atoms with Crippen LogP contribution in [0.5, 0.6) is 0 Å². The van der Waals surface area contributed by atoms with Crippen LogP contribution in [0.2, 0.25) is 5.02 Å². The number of benzene rings is 2. The number of aromatic nitrogens is 3. The van der Waals surface area contributed by atoms with Crippen LogP contribution in [0, 0.1) is 0 Å². The molecule has 2 amide bonds. The van der Waals surface area contributed by atoms with Gasteiger partial charge in [-0.3, -0.25) is 9.59 Å². The highest BCUT2D eigenvalue weighted by molar-refractivity contribution is 7.99. The van der Waals surface area contributed by atoms with Gasteiger partial charge in [0.2, 0.25) is 11.8 Å². The van der Waals surface area contributed by atoms with Crippen molar-refractivity contribution >= 4 is 40.9 Å². The molecule has 0 aliphatic carbocycles. The highest BCUT2D eigenvalue weighted by Crippen LogP contribution is 2.34. The van der Waals surface area contributed by atoms with Crippen molar-refractivity contribution in [3.63, 3.8) is 0 Å². The van der Waals surface area contributed by atoms with Gasteiger partial charge in [-0.2, -0.15) is 13.2 Å². The maximum absolute atomic E-state index is 12.9. The van der Waals surface area contributed by atoms with Gasteiger partial charge >= 0.3 is 6.18 Å². The topological polar surface area (TPSA) is 88.9 Å². The molecule has 0 bridgehead atoms. The molecule has 0 saturated carbocycles. The molecule has 0 unspecified atom stereocenters. The van der Waals surface area contributed by atoms with E-state index in [2.05, 4.69) is 20.8 Å². The molecule has 0 atom stereocenters. The van der Waals surface area contributed by atoms with E-state index in [0.717, 1.165) is 35.5 Å². The number of rotatable bonds is 8. The molecule has 33 heavy (non-hydrogen) atoms. The number of anilines is 1. The number of nitrogens with zero attached hydrogens (tertiary/aromatic N) is 3. The lowest BCUT2D eigenvalue weighted by atomic mass is 10.1. The van der Waals surface area contributed by atoms with Gasteiger partial charge in [0.05, 0.1) is 35.0 Å². The summed E-state index contributed by atoms with van der Waals surface area (Å²) < 4.78 is 40.2. The molecule has 0 aliphatic heterocycles. The van der Waals surface area contributed by atoms with Crippen LogP contribution in [0.1, 0.15) is 17.0 Å². The molecule has 2 aromatic carbocycles. The quantitative estimate of drug-likeness (QED) is 0.458. The third kappa shape index (κ3) is 6.96. The number of carbonyl (C=O) groups excluding carboxylic acids is 2. The average Bonchev–Trinajstić information content (AvgIpc) is 3.11. The molecule has 0 aliphatic rings. The van der Waals surface area contributed by atoms with Gasteiger partial charge in [-0.05, 0) is 23.8 Å². The second-order valence-electron chi connectivity index (χ2n) is 6.93. The van der Waals surface area contributed by atoms with Crippen molar-refractivity contribution in [3.8, 4) is 0 Å². The van der Waals surface area contributed by atoms with Gasteiger partial charge in [-0.25, -0.2) is 0 Å². The predicted molar refractivity (Wildman–Crippen MR) is 119 cm³/mol. The number of hydrogen-bond acceptors (Lipinski definition) is 5. The van der Waals surface area contributed by atoms with Crippen LogP contribution in [-0.2, 0) is 35.8 Å². The van der Waals surface area contributed by atoms with Crippen LogP contribution >= 0.6 is 23.4 Å². The number of hydrogen-bond donors (Lipinski definition) is 2. The zero-order valence-corrected chi connectivity index (χ0v) is 18.9. The minimum atomic E-state index is -4.55. The van der Waals surface area contributed by atoms with Crippen molar-refractivity contribution in [2.75, 3.05) is 11.1 Å². The first-order valence-electron chi connectivity index (χ1n) is 9.62. The predicted octanol–water partition coefficient (Wildman–Crippen LogP) is 4.08. The van der Waals surface area contributed by atoms with Gasteiger partial charge in [0, 0.05) is 7.05 Å². The molecule has 3 rings (SSSR count). The van der Waals surface area contributed by atoms with Gasteiger partial charge in [-0.15, -0.1) is 10.2 Å². The molecule has 7 nitrogen and oxygen atoms in total. The lowest BCUT2D eigenvalue weighted by Crippen LogP contribution is -2.26. The van der Waals surface area contributed by atoms with Crippen LogP contribution in [-0.4, -0.2) is 32.3 Å². The summed E-state index contributed by atoms with van der Waals surface area (Å²) in [6.07, 6.45) is -4.32. The molecule has 1 aromatic heterocycles. The standard InChI is InChI=1S/C21H19ClF3N5O2S/c1-30-17(11-26-18(31)9-13-5-3-2-4-6-13)28-29-20(30)33-12-19(32)27-16-10-14(21(23,24)25)7-8-15(16)22/h2-8,10H,9,11-12H2,1H3,(H,26,31)(H,27,32). The lowest BCUT2D eigenvalue weighted by molar-refractivity contribution is -0.137. The molecule has 174 valence electrons. The van der Waals surface area contributed by atoms with Crippen molar-refractivity contribution in [2.24, 2.45) is 7.05 Å². The molecule has 0 radical (unpaired) electrons. The molecule has 2 N–H and O–H groups in total. The summed E-state index contributed by atoms with van der Waals surface area (Å²) in [4.78, 5) is 24.3. The van der Waals surface area contributed by atoms with Crippen molar-refractivity contribution in [2.45, 2.75) is 24.3 Å². The first-order valence-corrected chi connectivity index (χ1v) is 11.0. The van der Waals surface area contributed by atoms with Crippen molar-refractivity contribution in [1.82, 2.24) is 20.1 Å². The SMILES string of the molecule is Cn1c(CNC(=O)Cc2ccccc2)nnc1SCC(=O)Nc1cc(C(F)(F)F)ccc1Cl. The summed E-state index contributed by atoms with van der Waals surface area (Å²) in [5.41, 5.74) is -0.157. The fourth-order valence-electron chi connectivity index (χ4n) is 2.76. The van der Waals surface area contributed by atoms with Crippen molar-refractivity contribution < 1.29 is 22.8 Å². The van der Waals surface area contributed by atoms with E-state index in [1.54, 1.807) is 11.6 Å². The lowest BCUT2D eigenvalue weighted by Gasteiger charge is -2.11. The number of carbonyl (C=O) groups is 2. The van der Waals surface area contributed by atoms with Gasteiger partial charge in [-0.1, -0.05) is 53.7 Å². The number of thioether (sulfide) groups is 1. The van der Waals surface area contributed by atoms with Crippen LogP contribution in [0.3, 0.4) is 0 Å². The van der Waals surface area contributed by atoms with Crippen LogP contribution in [0.15, 0.2) is 53.7 Å². The Morgan fingerprint density at radius 1 is 1.09 bits per heavy atom. The Bertz CT molecular complexity index is 1140. The first kappa shape index (κ1) is 24.6. The smallest absolute Gasteiger partial charge is 0.349 e. The summed E-state index contributed by atoms with van der Waals surface area (Å²) in [6, 6.07) is 12.0. The Hall–Kier alpha value is -3.05. The summed E-state index contributed by atoms with van der Waals surface area (Å²) in [7, 11) is 1.68. The molecule has 3 aromatic rings. The highest BCUT2D eigenvalue weighted by atomic mass is 35.5. The van der Waals surface area contributed by atoms with Crippen molar-refractivity contribution in [3.05, 3.63) is 70.5 Å². The van der Waals surface area contributed by atoms with E-state index in [1.165, 1.54) is 0 Å². The van der Waals surface area contributed by atoms with Crippen LogP contribution in [0.4, 0.5) is 18.9 Å². The number of halogens is 4. The van der Waals surface area contributed by atoms with E-state index in [9.17, 15) is 22.8 Å². The fraction of sp³-hybridized carbons (Fsp3) is 0.238. The summed E-state index contributed by atoms with van der Waals surface area (Å²) >= 11 is 6.94. The summed E-state index contributed by atoms with van der Waals surface area (Å²) in [5, 5.41) is 13.5. The molecule has 1 heterocycles. The van der Waals surface area contributed by atoms with Gasteiger partial charge in [0.15, 0.2) is 11.0 Å². The number of nitrogens with one attached hydrogen (secondary N) is 2. The monoisotopic (exact) mass is 497 g/mol. The van der Waals surface area contributed by atoms with Gasteiger partial charge < -0.3 is 15.2 Å². The van der Waals surface area contributed by atoms with Crippen molar-refractivity contribution in [1.29, 1.82) is 0 Å². The zero-order valence-electron chi connectivity index (χ0n) is 17.3. The van der Waals surface area contributed by atoms with E-state index >= 15 is 0 Å².